The van der Waals surface area contributed by atoms with Crippen LogP contribution < -0.4 is 10.6 Å². The molecule has 2 rings (SSSR count). The highest BCUT2D eigenvalue weighted by molar-refractivity contribution is 5.86. The molecule has 19 heavy (non-hydrogen) atoms. The normalized spacial score (nSPS) is 29.0. The van der Waals surface area contributed by atoms with Crippen molar-refractivity contribution >= 4 is 12.0 Å². The highest BCUT2D eigenvalue weighted by Gasteiger charge is 2.44. The summed E-state index contributed by atoms with van der Waals surface area (Å²) in [5.41, 5.74) is -1.06. The molecule has 2 amide bonds. The molecule has 0 radical (unpaired) electrons. The summed E-state index contributed by atoms with van der Waals surface area (Å²) in [6.45, 7) is 3.98. The zero-order valence-corrected chi connectivity index (χ0v) is 11.4. The lowest BCUT2D eigenvalue weighted by molar-refractivity contribution is -0.150. The van der Waals surface area contributed by atoms with E-state index in [1.165, 1.54) is 4.90 Å². The Bertz CT molecular complexity index is 355. The van der Waals surface area contributed by atoms with Crippen molar-refractivity contribution < 1.29 is 14.7 Å². The van der Waals surface area contributed by atoms with Gasteiger partial charge in [0, 0.05) is 12.6 Å². The molecule has 0 saturated carbocycles. The first-order valence-corrected chi connectivity index (χ1v) is 7.06. The van der Waals surface area contributed by atoms with E-state index in [1.54, 1.807) is 6.92 Å². The number of aliphatic carboxylic acids is 1. The zero-order chi connectivity index (χ0) is 13.9. The number of amides is 2. The minimum Gasteiger partial charge on any atom is -0.480 e. The van der Waals surface area contributed by atoms with E-state index in [0.717, 1.165) is 38.8 Å². The molecule has 2 aliphatic rings. The number of carboxylic acid groups (broad SMARTS) is 1. The van der Waals surface area contributed by atoms with Crippen LogP contribution in [0.3, 0.4) is 0 Å². The minimum atomic E-state index is -1.06. The SMILES string of the molecule is CC1(C(=O)O)CCCCN1C(=O)NC1CCNCC1. The molecule has 0 bridgehead atoms. The van der Waals surface area contributed by atoms with Gasteiger partial charge in [-0.25, -0.2) is 9.59 Å². The Balaban J connectivity index is 2.01. The predicted octanol–water partition coefficient (Wildman–Crippen LogP) is 0.777. The van der Waals surface area contributed by atoms with Crippen molar-refractivity contribution in [2.24, 2.45) is 0 Å². The van der Waals surface area contributed by atoms with Crippen LogP contribution in [0.4, 0.5) is 4.79 Å². The molecule has 0 aromatic heterocycles. The van der Waals surface area contributed by atoms with Crippen molar-refractivity contribution in [3.63, 3.8) is 0 Å². The number of hydrogen-bond donors (Lipinski definition) is 3. The minimum absolute atomic E-state index is 0.161. The van der Waals surface area contributed by atoms with E-state index in [1.807, 2.05) is 0 Å². The van der Waals surface area contributed by atoms with Gasteiger partial charge in [0.25, 0.3) is 0 Å². The number of carboxylic acids is 1. The fourth-order valence-corrected chi connectivity index (χ4v) is 2.89. The second kappa shape index (κ2) is 5.77. The Hall–Kier alpha value is -1.30. The van der Waals surface area contributed by atoms with Gasteiger partial charge >= 0.3 is 12.0 Å². The number of carbonyl (C=O) groups is 2. The lowest BCUT2D eigenvalue weighted by Gasteiger charge is -2.42. The van der Waals surface area contributed by atoms with E-state index in [9.17, 15) is 14.7 Å². The third kappa shape index (κ3) is 3.00. The number of nitrogens with one attached hydrogen (secondary N) is 2. The number of nitrogens with zero attached hydrogens (tertiary/aromatic N) is 1. The number of carbonyl (C=O) groups excluding carboxylic acids is 1. The van der Waals surface area contributed by atoms with Crippen LogP contribution in [0.5, 0.6) is 0 Å². The molecule has 6 nitrogen and oxygen atoms in total. The van der Waals surface area contributed by atoms with E-state index < -0.39 is 11.5 Å². The molecule has 6 heteroatoms. The second-order valence-corrected chi connectivity index (χ2v) is 5.66. The average Bonchev–Trinajstić information content (AvgIpc) is 2.40. The monoisotopic (exact) mass is 269 g/mol. The number of rotatable bonds is 2. The van der Waals surface area contributed by atoms with E-state index in [4.69, 9.17) is 0 Å². The molecule has 2 aliphatic heterocycles. The molecular weight excluding hydrogens is 246 g/mol. The van der Waals surface area contributed by atoms with E-state index in [-0.39, 0.29) is 12.1 Å². The molecule has 0 aliphatic carbocycles. The van der Waals surface area contributed by atoms with Crippen molar-refractivity contribution in [3.05, 3.63) is 0 Å². The standard InChI is InChI=1S/C13H23N3O3/c1-13(11(17)18)6-2-3-9-16(13)12(19)15-10-4-7-14-8-5-10/h10,14H,2-9H2,1H3,(H,15,19)(H,17,18). The van der Waals surface area contributed by atoms with Crippen LogP contribution in [0.15, 0.2) is 0 Å². The van der Waals surface area contributed by atoms with E-state index in [2.05, 4.69) is 10.6 Å². The molecular formula is C13H23N3O3. The highest BCUT2D eigenvalue weighted by Crippen LogP contribution is 2.28. The van der Waals surface area contributed by atoms with Crippen LogP contribution in [0.25, 0.3) is 0 Å². The zero-order valence-electron chi connectivity index (χ0n) is 11.4. The lowest BCUT2D eigenvalue weighted by atomic mass is 9.89. The summed E-state index contributed by atoms with van der Waals surface area (Å²) < 4.78 is 0. The molecule has 1 unspecified atom stereocenters. The van der Waals surface area contributed by atoms with Crippen LogP contribution in [-0.4, -0.2) is 53.2 Å². The molecule has 0 aromatic rings. The van der Waals surface area contributed by atoms with Gasteiger partial charge in [0.05, 0.1) is 0 Å². The van der Waals surface area contributed by atoms with Gasteiger partial charge in [-0.15, -0.1) is 0 Å². The molecule has 0 aromatic carbocycles. The van der Waals surface area contributed by atoms with Gasteiger partial charge in [0.15, 0.2) is 0 Å². The summed E-state index contributed by atoms with van der Waals surface area (Å²) >= 11 is 0. The van der Waals surface area contributed by atoms with Crippen LogP contribution >= 0.6 is 0 Å². The van der Waals surface area contributed by atoms with Gasteiger partial charge in [-0.1, -0.05) is 0 Å². The summed E-state index contributed by atoms with van der Waals surface area (Å²) in [5.74, 6) is -0.910. The van der Waals surface area contributed by atoms with Crippen molar-refractivity contribution in [1.82, 2.24) is 15.5 Å². The van der Waals surface area contributed by atoms with Crippen LogP contribution in [-0.2, 0) is 4.79 Å². The maximum Gasteiger partial charge on any atom is 0.329 e. The predicted molar refractivity (Wildman–Crippen MR) is 71.0 cm³/mol. The maximum absolute atomic E-state index is 12.3. The third-order valence-corrected chi connectivity index (χ3v) is 4.26. The number of likely N-dealkylation sites (tertiary alicyclic amines) is 1. The van der Waals surface area contributed by atoms with Gasteiger partial charge < -0.3 is 20.6 Å². The first-order chi connectivity index (χ1) is 9.04. The number of hydrogen-bond acceptors (Lipinski definition) is 3. The van der Waals surface area contributed by atoms with Gasteiger partial charge in [-0.2, -0.15) is 0 Å². The van der Waals surface area contributed by atoms with Gasteiger partial charge in [0.2, 0.25) is 0 Å². The fourth-order valence-electron chi connectivity index (χ4n) is 2.89. The molecule has 1 atom stereocenters. The van der Waals surface area contributed by atoms with Crippen LogP contribution in [0, 0.1) is 0 Å². The summed E-state index contributed by atoms with van der Waals surface area (Å²) in [6, 6.07) is -0.0646. The van der Waals surface area contributed by atoms with Crippen molar-refractivity contribution in [2.75, 3.05) is 19.6 Å². The topological polar surface area (TPSA) is 81.7 Å². The molecule has 2 fully saturated rings. The highest BCUT2D eigenvalue weighted by atomic mass is 16.4. The fraction of sp³-hybridized carbons (Fsp3) is 0.846. The van der Waals surface area contributed by atoms with Crippen molar-refractivity contribution in [1.29, 1.82) is 0 Å². The first kappa shape index (κ1) is 14.1. The van der Waals surface area contributed by atoms with E-state index >= 15 is 0 Å². The van der Waals surface area contributed by atoms with Gasteiger partial charge in [-0.05, 0) is 52.1 Å². The summed E-state index contributed by atoms with van der Waals surface area (Å²) in [5, 5.41) is 15.6. The summed E-state index contributed by atoms with van der Waals surface area (Å²) in [4.78, 5) is 25.3. The maximum atomic E-state index is 12.3. The first-order valence-electron chi connectivity index (χ1n) is 7.06. The van der Waals surface area contributed by atoms with Crippen molar-refractivity contribution in [2.45, 2.75) is 50.6 Å². The Morgan fingerprint density at radius 3 is 2.63 bits per heavy atom. The van der Waals surface area contributed by atoms with Crippen LogP contribution in [0.2, 0.25) is 0 Å². The van der Waals surface area contributed by atoms with Crippen LogP contribution in [0.1, 0.15) is 39.0 Å². The van der Waals surface area contributed by atoms with E-state index in [0.29, 0.717) is 13.0 Å². The summed E-state index contributed by atoms with van der Waals surface area (Å²) in [7, 11) is 0. The molecule has 0 spiro atoms. The quantitative estimate of drug-likeness (QED) is 0.692. The smallest absolute Gasteiger partial charge is 0.329 e. The largest absolute Gasteiger partial charge is 0.480 e. The Morgan fingerprint density at radius 2 is 2.00 bits per heavy atom. The number of piperidine rings is 2. The summed E-state index contributed by atoms with van der Waals surface area (Å²) in [6.07, 6.45) is 4.08. The number of urea groups is 1. The molecule has 108 valence electrons. The molecule has 2 heterocycles. The Kier molecular flexibility index (Phi) is 4.29. The van der Waals surface area contributed by atoms with Gasteiger partial charge in [-0.3, -0.25) is 0 Å². The Morgan fingerprint density at radius 1 is 1.32 bits per heavy atom. The Labute approximate surface area is 113 Å². The average molecular weight is 269 g/mol. The lowest BCUT2D eigenvalue weighted by Crippen LogP contribution is -2.61. The second-order valence-electron chi connectivity index (χ2n) is 5.66. The third-order valence-electron chi connectivity index (χ3n) is 4.26. The molecule has 2 saturated heterocycles. The molecule has 3 N–H and O–H groups in total. The van der Waals surface area contributed by atoms with Gasteiger partial charge in [0.1, 0.15) is 5.54 Å². The van der Waals surface area contributed by atoms with Crippen molar-refractivity contribution in [3.8, 4) is 0 Å².